The van der Waals surface area contributed by atoms with Crippen molar-refractivity contribution < 1.29 is 24.2 Å². The van der Waals surface area contributed by atoms with E-state index in [-0.39, 0.29) is 42.2 Å². The fourth-order valence-corrected chi connectivity index (χ4v) is 3.25. The van der Waals surface area contributed by atoms with Gasteiger partial charge >= 0.3 is 6.16 Å². The van der Waals surface area contributed by atoms with Crippen LogP contribution in [0.3, 0.4) is 0 Å². The number of carbonyl (C=O) groups excluding carboxylic acids is 2. The molecule has 3 atom stereocenters. The average Bonchev–Trinajstić information content (AvgIpc) is 2.66. The SMILES string of the molecule is CC(=O)NCC1=C(OC(=O)O)N2C(=O)[C@H]3NCCC1[C@H]32. The Bertz CT molecular complexity index is 529. The summed E-state index contributed by atoms with van der Waals surface area (Å²) in [5, 5.41) is 14.6. The molecule has 20 heavy (non-hydrogen) atoms. The molecule has 3 rings (SSSR count). The summed E-state index contributed by atoms with van der Waals surface area (Å²) in [7, 11) is 0. The summed E-state index contributed by atoms with van der Waals surface area (Å²) in [6, 6.07) is -0.356. The van der Waals surface area contributed by atoms with Gasteiger partial charge in [0.15, 0.2) is 0 Å². The summed E-state index contributed by atoms with van der Waals surface area (Å²) >= 11 is 0. The van der Waals surface area contributed by atoms with Crippen molar-refractivity contribution in [2.24, 2.45) is 5.92 Å². The van der Waals surface area contributed by atoms with Crippen LogP contribution in [0.25, 0.3) is 0 Å². The van der Waals surface area contributed by atoms with Gasteiger partial charge in [-0.05, 0) is 13.0 Å². The maximum atomic E-state index is 12.0. The number of amides is 2. The van der Waals surface area contributed by atoms with Gasteiger partial charge in [0.1, 0.15) is 6.04 Å². The van der Waals surface area contributed by atoms with Crippen molar-refractivity contribution in [1.82, 2.24) is 15.5 Å². The lowest BCUT2D eigenvalue weighted by Crippen LogP contribution is -2.71. The molecule has 2 fully saturated rings. The Kier molecular flexibility index (Phi) is 2.89. The molecule has 3 aliphatic rings. The summed E-state index contributed by atoms with van der Waals surface area (Å²) < 4.78 is 4.79. The first-order chi connectivity index (χ1) is 9.50. The molecule has 0 saturated carbocycles. The van der Waals surface area contributed by atoms with Gasteiger partial charge in [-0.25, -0.2) is 4.79 Å². The van der Waals surface area contributed by atoms with Crippen LogP contribution in [0.2, 0.25) is 0 Å². The summed E-state index contributed by atoms with van der Waals surface area (Å²) in [5.41, 5.74) is 0.685. The summed E-state index contributed by atoms with van der Waals surface area (Å²) in [6.07, 6.45) is -0.671. The predicted octanol–water partition coefficient (Wildman–Crippen LogP) is -0.769. The molecular weight excluding hydrogens is 266 g/mol. The fraction of sp³-hybridized carbons (Fsp3) is 0.583. The van der Waals surface area contributed by atoms with Gasteiger partial charge in [-0.1, -0.05) is 0 Å². The first-order valence-corrected chi connectivity index (χ1v) is 6.45. The summed E-state index contributed by atoms with van der Waals surface area (Å²) in [6.45, 7) is 2.28. The molecular formula is C12H15N3O5. The van der Waals surface area contributed by atoms with Gasteiger partial charge in [-0.3, -0.25) is 14.5 Å². The van der Waals surface area contributed by atoms with E-state index in [2.05, 4.69) is 10.6 Å². The van der Waals surface area contributed by atoms with E-state index in [1.807, 2.05) is 0 Å². The lowest BCUT2D eigenvalue weighted by atomic mass is 9.79. The van der Waals surface area contributed by atoms with Crippen molar-refractivity contribution in [3.8, 4) is 0 Å². The Balaban J connectivity index is 1.91. The molecule has 3 N–H and O–H groups in total. The predicted molar refractivity (Wildman–Crippen MR) is 65.4 cm³/mol. The van der Waals surface area contributed by atoms with Crippen molar-refractivity contribution in [2.45, 2.75) is 25.4 Å². The second-order valence-electron chi connectivity index (χ2n) is 5.13. The molecule has 2 amide bonds. The molecule has 0 aromatic carbocycles. The Labute approximate surface area is 114 Å². The van der Waals surface area contributed by atoms with Crippen molar-refractivity contribution in [1.29, 1.82) is 0 Å². The Morgan fingerprint density at radius 1 is 1.55 bits per heavy atom. The highest BCUT2D eigenvalue weighted by Gasteiger charge is 2.60. The highest BCUT2D eigenvalue weighted by atomic mass is 16.7. The third-order valence-electron chi connectivity index (χ3n) is 4.03. The zero-order valence-corrected chi connectivity index (χ0v) is 10.9. The molecule has 0 aliphatic carbocycles. The van der Waals surface area contributed by atoms with Crippen LogP contribution in [-0.2, 0) is 14.3 Å². The Hall–Kier alpha value is -2.09. The van der Waals surface area contributed by atoms with Crippen molar-refractivity contribution in [2.75, 3.05) is 13.1 Å². The maximum Gasteiger partial charge on any atom is 0.512 e. The number of nitrogens with one attached hydrogen (secondary N) is 2. The molecule has 0 aromatic heterocycles. The number of carboxylic acid groups (broad SMARTS) is 1. The number of nitrogens with zero attached hydrogens (tertiary/aromatic N) is 1. The standard InChI is InChI=1S/C12H15N3O5/c1-5(16)14-4-7-6-2-3-13-8-9(6)15(10(8)17)11(7)20-12(18)19/h6,8-9,13H,2-4H2,1H3,(H,14,16)(H,18,19)/t6?,8-,9+/m0/s1. The second kappa shape index (κ2) is 4.48. The molecule has 3 aliphatic heterocycles. The molecule has 3 heterocycles. The largest absolute Gasteiger partial charge is 0.512 e. The van der Waals surface area contributed by atoms with Crippen LogP contribution in [0.1, 0.15) is 13.3 Å². The topological polar surface area (TPSA) is 108 Å². The second-order valence-corrected chi connectivity index (χ2v) is 5.13. The van der Waals surface area contributed by atoms with Gasteiger partial charge in [0.25, 0.3) is 0 Å². The van der Waals surface area contributed by atoms with E-state index in [0.29, 0.717) is 12.1 Å². The number of hydrogen-bond acceptors (Lipinski definition) is 5. The summed E-state index contributed by atoms with van der Waals surface area (Å²) in [4.78, 5) is 35.3. The van der Waals surface area contributed by atoms with E-state index in [1.165, 1.54) is 11.8 Å². The third kappa shape index (κ3) is 1.75. The zero-order chi connectivity index (χ0) is 14.4. The number of rotatable bonds is 3. The monoisotopic (exact) mass is 281 g/mol. The highest BCUT2D eigenvalue weighted by Crippen LogP contribution is 2.46. The van der Waals surface area contributed by atoms with Crippen LogP contribution < -0.4 is 10.6 Å². The minimum absolute atomic E-state index is 0.0418. The van der Waals surface area contributed by atoms with Gasteiger partial charge in [-0.2, -0.15) is 0 Å². The van der Waals surface area contributed by atoms with Gasteiger partial charge < -0.3 is 20.5 Å². The first kappa shape index (κ1) is 12.9. The molecule has 0 radical (unpaired) electrons. The first-order valence-electron chi connectivity index (χ1n) is 6.45. The van der Waals surface area contributed by atoms with Crippen LogP contribution >= 0.6 is 0 Å². The van der Waals surface area contributed by atoms with Crippen molar-refractivity contribution in [3.63, 3.8) is 0 Å². The van der Waals surface area contributed by atoms with Gasteiger partial charge in [0.05, 0.1) is 6.04 Å². The molecule has 108 valence electrons. The zero-order valence-electron chi connectivity index (χ0n) is 10.9. The maximum absolute atomic E-state index is 12.0. The van der Waals surface area contributed by atoms with Gasteiger partial charge in [0.2, 0.25) is 17.7 Å². The van der Waals surface area contributed by atoms with E-state index in [1.54, 1.807) is 0 Å². The normalized spacial score (nSPS) is 30.8. The molecule has 0 spiro atoms. The number of piperidine rings is 1. The van der Waals surface area contributed by atoms with Crippen LogP contribution in [0.15, 0.2) is 11.5 Å². The summed E-state index contributed by atoms with van der Waals surface area (Å²) in [5.74, 6) is -0.265. The molecule has 0 bridgehead atoms. The van der Waals surface area contributed by atoms with Crippen molar-refractivity contribution >= 4 is 18.0 Å². The molecule has 0 aromatic rings. The number of carbonyl (C=O) groups is 3. The lowest BCUT2D eigenvalue weighted by molar-refractivity contribution is -0.152. The van der Waals surface area contributed by atoms with Crippen LogP contribution in [-0.4, -0.2) is 53.1 Å². The lowest BCUT2D eigenvalue weighted by Gasteiger charge is -2.48. The Morgan fingerprint density at radius 2 is 2.30 bits per heavy atom. The minimum Gasteiger partial charge on any atom is -0.449 e. The van der Waals surface area contributed by atoms with E-state index in [9.17, 15) is 14.4 Å². The van der Waals surface area contributed by atoms with Crippen LogP contribution in [0, 0.1) is 5.92 Å². The van der Waals surface area contributed by atoms with E-state index >= 15 is 0 Å². The number of hydrogen-bond donors (Lipinski definition) is 3. The minimum atomic E-state index is -1.46. The van der Waals surface area contributed by atoms with Gasteiger partial charge in [-0.15, -0.1) is 0 Å². The molecule has 1 unspecified atom stereocenters. The van der Waals surface area contributed by atoms with Crippen molar-refractivity contribution in [3.05, 3.63) is 11.5 Å². The molecule has 8 nitrogen and oxygen atoms in total. The van der Waals surface area contributed by atoms with Crippen LogP contribution in [0.5, 0.6) is 0 Å². The van der Waals surface area contributed by atoms with E-state index in [0.717, 1.165) is 6.42 Å². The van der Waals surface area contributed by atoms with Crippen LogP contribution in [0.4, 0.5) is 4.79 Å². The van der Waals surface area contributed by atoms with E-state index in [4.69, 9.17) is 9.84 Å². The molecule has 2 saturated heterocycles. The fourth-order valence-electron chi connectivity index (χ4n) is 3.25. The number of β-lactam (4-membered cyclic amide) rings is 1. The number of ether oxygens (including phenoxy) is 1. The third-order valence-corrected chi connectivity index (χ3v) is 4.03. The smallest absolute Gasteiger partial charge is 0.449 e. The average molecular weight is 281 g/mol. The van der Waals surface area contributed by atoms with Gasteiger partial charge in [0, 0.05) is 25.0 Å². The quantitative estimate of drug-likeness (QED) is 0.463. The van der Waals surface area contributed by atoms with E-state index < -0.39 is 6.16 Å². The molecule has 8 heteroatoms. The highest BCUT2D eigenvalue weighted by molar-refractivity contribution is 5.93. The Morgan fingerprint density at radius 3 is 2.95 bits per heavy atom.